The van der Waals surface area contributed by atoms with Gasteiger partial charge in [-0.15, -0.1) is 0 Å². The molecule has 0 saturated heterocycles. The van der Waals surface area contributed by atoms with Crippen LogP contribution >= 0.6 is 0 Å². The quantitative estimate of drug-likeness (QED) is 0.555. The lowest BCUT2D eigenvalue weighted by Gasteiger charge is -2.37. The van der Waals surface area contributed by atoms with Crippen molar-refractivity contribution in [3.8, 4) is 5.75 Å². The normalized spacial score (nSPS) is 24.3. The molecule has 4 atom stereocenters. The van der Waals surface area contributed by atoms with Gasteiger partial charge in [0.05, 0.1) is 18.6 Å². The zero-order valence-electron chi connectivity index (χ0n) is 20.1. The van der Waals surface area contributed by atoms with E-state index in [9.17, 15) is 9.59 Å². The average molecular weight is 445 g/mol. The smallest absolute Gasteiger partial charge is 0.334 e. The minimum atomic E-state index is -0.639. The fourth-order valence-electron chi connectivity index (χ4n) is 3.99. The van der Waals surface area contributed by atoms with Crippen LogP contribution in [0.15, 0.2) is 36.3 Å². The van der Waals surface area contributed by atoms with Crippen LogP contribution in [0.5, 0.6) is 5.75 Å². The summed E-state index contributed by atoms with van der Waals surface area (Å²) in [6, 6.07) is 7.79. The maximum absolute atomic E-state index is 13.0. The van der Waals surface area contributed by atoms with Crippen LogP contribution in [0.4, 0.5) is 0 Å². The highest BCUT2D eigenvalue weighted by Crippen LogP contribution is 2.35. The average Bonchev–Trinajstić information content (AvgIpc) is 2.73. The summed E-state index contributed by atoms with van der Waals surface area (Å²) in [5.41, 5.74) is 1.25. The number of carbonyl (C=O) groups excluding carboxylic acids is 2. The first-order chi connectivity index (χ1) is 15.0. The van der Waals surface area contributed by atoms with E-state index in [1.807, 2.05) is 38.1 Å². The standard InChI is InChI=1S/C26H36O6/c1-16(2)14-30-25(28)17(3)31-20-11-12-21-22(13-20)29-15-23(24(21)27)32-19-9-7-18(8-10-19)26(4,5)6/h7-10,15-17,20-22H,11-14H2,1-6H3. The van der Waals surface area contributed by atoms with E-state index in [-0.39, 0.29) is 47.0 Å². The Morgan fingerprint density at radius 3 is 2.44 bits per heavy atom. The number of rotatable bonds is 7. The Hall–Kier alpha value is -2.34. The van der Waals surface area contributed by atoms with Crippen molar-refractivity contribution in [2.75, 3.05) is 6.61 Å². The summed E-state index contributed by atoms with van der Waals surface area (Å²) in [6.07, 6.45) is 2.24. The molecule has 0 spiro atoms. The highest BCUT2D eigenvalue weighted by Gasteiger charge is 2.42. The molecule has 1 aliphatic heterocycles. The minimum Gasteiger partial charge on any atom is -0.493 e. The van der Waals surface area contributed by atoms with Crippen molar-refractivity contribution in [3.63, 3.8) is 0 Å². The van der Waals surface area contributed by atoms with Crippen LogP contribution in [0.2, 0.25) is 0 Å². The molecule has 3 rings (SSSR count). The van der Waals surface area contributed by atoms with Crippen LogP contribution in [0.1, 0.15) is 66.4 Å². The van der Waals surface area contributed by atoms with Gasteiger partial charge < -0.3 is 18.9 Å². The van der Waals surface area contributed by atoms with Crippen molar-refractivity contribution in [2.45, 2.75) is 84.5 Å². The molecule has 4 unspecified atom stereocenters. The van der Waals surface area contributed by atoms with Crippen LogP contribution < -0.4 is 4.74 Å². The molecule has 6 heteroatoms. The number of fused-ring (bicyclic) bond motifs is 1. The lowest BCUT2D eigenvalue weighted by atomic mass is 9.80. The largest absolute Gasteiger partial charge is 0.493 e. The molecule has 0 aromatic heterocycles. The predicted molar refractivity (Wildman–Crippen MR) is 121 cm³/mol. The van der Waals surface area contributed by atoms with Crippen molar-refractivity contribution in [3.05, 3.63) is 41.9 Å². The third kappa shape index (κ3) is 6.12. The Labute approximate surface area is 191 Å². The number of ketones is 1. The molecule has 0 amide bonds. The molecular weight excluding hydrogens is 408 g/mol. The van der Waals surface area contributed by atoms with Gasteiger partial charge in [0.1, 0.15) is 18.1 Å². The second kappa shape index (κ2) is 10.1. The minimum absolute atomic E-state index is 0.0380. The number of carbonyl (C=O) groups is 2. The molecule has 1 saturated carbocycles. The fourth-order valence-corrected chi connectivity index (χ4v) is 3.99. The van der Waals surface area contributed by atoms with Crippen LogP contribution in [-0.4, -0.2) is 36.7 Å². The highest BCUT2D eigenvalue weighted by atomic mass is 16.6. The number of allylic oxidation sites excluding steroid dienone is 1. The topological polar surface area (TPSA) is 71.1 Å². The summed E-state index contributed by atoms with van der Waals surface area (Å²) >= 11 is 0. The molecule has 2 aliphatic rings. The highest BCUT2D eigenvalue weighted by molar-refractivity contribution is 5.96. The predicted octanol–water partition coefficient (Wildman–Crippen LogP) is 4.95. The molecule has 1 heterocycles. The lowest BCUT2D eigenvalue weighted by Crippen LogP contribution is -2.43. The maximum Gasteiger partial charge on any atom is 0.334 e. The van der Waals surface area contributed by atoms with Crippen molar-refractivity contribution < 1.29 is 28.5 Å². The van der Waals surface area contributed by atoms with Crippen LogP contribution in [-0.2, 0) is 29.2 Å². The Balaban J connectivity index is 1.55. The molecule has 1 aliphatic carbocycles. The molecule has 0 bridgehead atoms. The summed E-state index contributed by atoms with van der Waals surface area (Å²) in [7, 11) is 0. The second-order valence-electron chi connectivity index (χ2n) is 10.2. The number of hydrogen-bond donors (Lipinski definition) is 0. The molecule has 1 fully saturated rings. The van der Waals surface area contributed by atoms with E-state index in [1.165, 1.54) is 11.8 Å². The number of hydrogen-bond acceptors (Lipinski definition) is 6. The van der Waals surface area contributed by atoms with Crippen molar-refractivity contribution >= 4 is 11.8 Å². The first-order valence-corrected chi connectivity index (χ1v) is 11.5. The van der Waals surface area contributed by atoms with Gasteiger partial charge in [0, 0.05) is 6.42 Å². The van der Waals surface area contributed by atoms with Crippen LogP contribution in [0.3, 0.4) is 0 Å². The van der Waals surface area contributed by atoms with Gasteiger partial charge in [0.2, 0.25) is 11.5 Å². The SMILES string of the molecule is CC(C)COC(=O)C(C)OC1CCC2C(=O)C(Oc3ccc(C(C)(C)C)cc3)=COC2C1. The van der Waals surface area contributed by atoms with Crippen LogP contribution in [0.25, 0.3) is 0 Å². The van der Waals surface area contributed by atoms with Gasteiger partial charge in [0.15, 0.2) is 6.10 Å². The Morgan fingerprint density at radius 2 is 1.81 bits per heavy atom. The summed E-state index contributed by atoms with van der Waals surface area (Å²) in [5.74, 6) is 0.485. The molecule has 0 radical (unpaired) electrons. The van der Waals surface area contributed by atoms with Crippen LogP contribution in [0, 0.1) is 11.8 Å². The van der Waals surface area contributed by atoms with Gasteiger partial charge in [-0.25, -0.2) is 4.79 Å². The summed E-state index contributed by atoms with van der Waals surface area (Å²) < 4.78 is 22.9. The third-order valence-electron chi connectivity index (χ3n) is 5.91. The summed E-state index contributed by atoms with van der Waals surface area (Å²) in [4.78, 5) is 25.1. The number of ether oxygens (including phenoxy) is 4. The zero-order valence-corrected chi connectivity index (χ0v) is 20.1. The van der Waals surface area contributed by atoms with Gasteiger partial charge >= 0.3 is 5.97 Å². The van der Waals surface area contributed by atoms with Gasteiger partial charge in [0.25, 0.3) is 0 Å². The Bertz CT molecular complexity index is 833. The van der Waals surface area contributed by atoms with E-state index < -0.39 is 6.10 Å². The molecular formula is C26H36O6. The molecule has 1 aromatic rings. The number of Topliss-reactive ketones (excluding diaryl/α,β-unsaturated/α-hetero) is 1. The van der Waals surface area contributed by atoms with Gasteiger partial charge in [-0.1, -0.05) is 46.8 Å². The summed E-state index contributed by atoms with van der Waals surface area (Å²) in [5, 5.41) is 0. The van der Waals surface area contributed by atoms with Crippen molar-refractivity contribution in [1.82, 2.24) is 0 Å². The second-order valence-corrected chi connectivity index (χ2v) is 10.2. The molecule has 0 N–H and O–H groups in total. The lowest BCUT2D eigenvalue weighted by molar-refractivity contribution is -0.165. The van der Waals surface area contributed by atoms with Crippen molar-refractivity contribution in [1.29, 1.82) is 0 Å². The fraction of sp³-hybridized carbons (Fsp3) is 0.615. The number of benzene rings is 1. The molecule has 6 nitrogen and oxygen atoms in total. The Morgan fingerprint density at radius 1 is 1.12 bits per heavy atom. The van der Waals surface area contributed by atoms with E-state index in [0.717, 1.165) is 0 Å². The third-order valence-corrected chi connectivity index (χ3v) is 5.91. The van der Waals surface area contributed by atoms with E-state index in [4.69, 9.17) is 18.9 Å². The maximum atomic E-state index is 13.0. The van der Waals surface area contributed by atoms with E-state index >= 15 is 0 Å². The van der Waals surface area contributed by atoms with Crippen molar-refractivity contribution in [2.24, 2.45) is 11.8 Å². The van der Waals surface area contributed by atoms with E-state index in [2.05, 4.69) is 20.8 Å². The zero-order chi connectivity index (χ0) is 23.5. The van der Waals surface area contributed by atoms with Gasteiger partial charge in [-0.2, -0.15) is 0 Å². The monoisotopic (exact) mass is 444 g/mol. The Kier molecular flexibility index (Phi) is 7.65. The molecule has 176 valence electrons. The first kappa shape index (κ1) is 24.3. The number of esters is 1. The summed E-state index contributed by atoms with van der Waals surface area (Å²) in [6.45, 7) is 12.5. The molecule has 32 heavy (non-hydrogen) atoms. The molecule has 1 aromatic carbocycles. The first-order valence-electron chi connectivity index (χ1n) is 11.5. The van der Waals surface area contributed by atoms with E-state index in [1.54, 1.807) is 6.92 Å². The van der Waals surface area contributed by atoms with Gasteiger partial charge in [-0.3, -0.25) is 4.79 Å². The van der Waals surface area contributed by atoms with E-state index in [0.29, 0.717) is 31.6 Å². The van der Waals surface area contributed by atoms with Gasteiger partial charge in [-0.05, 0) is 48.8 Å².